The van der Waals surface area contributed by atoms with Gasteiger partial charge in [-0.2, -0.15) is 0 Å². The number of benzene rings is 1. The Morgan fingerprint density at radius 1 is 1.39 bits per heavy atom. The Morgan fingerprint density at radius 2 is 2.17 bits per heavy atom. The van der Waals surface area contributed by atoms with Crippen LogP contribution in [-0.2, 0) is 4.79 Å². The van der Waals surface area contributed by atoms with E-state index >= 15 is 0 Å². The average Bonchev–Trinajstić information content (AvgIpc) is 2.83. The summed E-state index contributed by atoms with van der Waals surface area (Å²) in [6, 6.07) is 8.09. The predicted octanol–water partition coefficient (Wildman–Crippen LogP) is 3.82. The summed E-state index contributed by atoms with van der Waals surface area (Å²) in [5.74, 6) is -1.28. The normalized spacial score (nSPS) is 11.6. The van der Waals surface area contributed by atoms with Gasteiger partial charge in [-0.1, -0.05) is 12.1 Å². The number of rotatable bonds is 3. The maximum absolute atomic E-state index is 13.1. The van der Waals surface area contributed by atoms with Crippen molar-refractivity contribution in [2.75, 3.05) is 0 Å². The van der Waals surface area contributed by atoms with Crippen LogP contribution in [0.15, 0.2) is 35.7 Å². The molecule has 0 saturated carbocycles. The van der Waals surface area contributed by atoms with Gasteiger partial charge in [-0.25, -0.2) is 9.18 Å². The van der Waals surface area contributed by atoms with E-state index < -0.39 is 5.97 Å². The minimum atomic E-state index is -0.987. The number of hydrogen-bond acceptors (Lipinski definition) is 2. The predicted molar refractivity (Wildman–Crippen MR) is 71.0 cm³/mol. The molecule has 1 aromatic carbocycles. The first-order valence-electron chi connectivity index (χ1n) is 5.33. The summed E-state index contributed by atoms with van der Waals surface area (Å²) < 4.78 is 13.1. The molecule has 0 radical (unpaired) electrons. The maximum atomic E-state index is 13.1. The molecule has 18 heavy (non-hydrogen) atoms. The van der Waals surface area contributed by atoms with Crippen LogP contribution in [0.2, 0.25) is 0 Å². The molecule has 2 nitrogen and oxygen atoms in total. The molecule has 0 aliphatic rings. The van der Waals surface area contributed by atoms with Gasteiger partial charge in [0.15, 0.2) is 0 Å². The molecule has 0 aliphatic heterocycles. The Balaban J connectivity index is 2.45. The van der Waals surface area contributed by atoms with Gasteiger partial charge in [-0.3, -0.25) is 0 Å². The van der Waals surface area contributed by atoms with E-state index in [0.29, 0.717) is 16.0 Å². The monoisotopic (exact) mass is 262 g/mol. The Bertz CT molecular complexity index is 600. The Kier molecular flexibility index (Phi) is 3.58. The van der Waals surface area contributed by atoms with E-state index in [1.807, 2.05) is 5.38 Å². The van der Waals surface area contributed by atoms with Gasteiger partial charge in [0.05, 0.1) is 5.57 Å². The summed E-state index contributed by atoms with van der Waals surface area (Å²) in [6.07, 6.45) is 1.56. The summed E-state index contributed by atoms with van der Waals surface area (Å²) in [6.45, 7) is 1.65. The van der Waals surface area contributed by atoms with E-state index in [2.05, 4.69) is 0 Å². The van der Waals surface area contributed by atoms with Crippen molar-refractivity contribution in [3.8, 4) is 0 Å². The fraction of sp³-hybridized carbons (Fsp3) is 0.0714. The number of carboxylic acid groups (broad SMARTS) is 1. The van der Waals surface area contributed by atoms with Gasteiger partial charge in [0, 0.05) is 4.88 Å². The van der Waals surface area contributed by atoms with Gasteiger partial charge in [-0.05, 0) is 47.7 Å². The third-order valence-corrected chi connectivity index (χ3v) is 3.41. The van der Waals surface area contributed by atoms with Crippen molar-refractivity contribution in [2.45, 2.75) is 6.92 Å². The van der Waals surface area contributed by atoms with Crippen LogP contribution in [0.3, 0.4) is 0 Å². The molecule has 1 N–H and O–H groups in total. The number of hydrogen-bond donors (Lipinski definition) is 1. The van der Waals surface area contributed by atoms with Gasteiger partial charge in [0.2, 0.25) is 0 Å². The van der Waals surface area contributed by atoms with Crippen LogP contribution in [0, 0.1) is 12.7 Å². The standard InChI is InChI=1S/C14H11FO2S/c1-9-7-10(4-5-12(9)15)8-11(14(16)17)13-3-2-6-18-13/h2-8H,1H3,(H,16,17). The summed E-state index contributed by atoms with van der Waals surface area (Å²) in [5, 5.41) is 11.0. The van der Waals surface area contributed by atoms with Crippen LogP contribution in [0.25, 0.3) is 11.6 Å². The van der Waals surface area contributed by atoms with Gasteiger partial charge in [0.1, 0.15) is 5.82 Å². The zero-order chi connectivity index (χ0) is 13.1. The van der Waals surface area contributed by atoms with E-state index in [1.165, 1.54) is 17.4 Å². The number of aliphatic carboxylic acids is 1. The zero-order valence-electron chi connectivity index (χ0n) is 9.68. The molecule has 92 valence electrons. The Morgan fingerprint density at radius 3 is 2.72 bits per heavy atom. The minimum Gasteiger partial charge on any atom is -0.478 e. The molecular formula is C14H11FO2S. The highest BCUT2D eigenvalue weighted by Crippen LogP contribution is 2.23. The molecule has 0 amide bonds. The highest BCUT2D eigenvalue weighted by Gasteiger charge is 2.11. The van der Waals surface area contributed by atoms with Gasteiger partial charge < -0.3 is 5.11 Å². The van der Waals surface area contributed by atoms with Crippen LogP contribution < -0.4 is 0 Å². The van der Waals surface area contributed by atoms with Gasteiger partial charge in [0.25, 0.3) is 0 Å². The maximum Gasteiger partial charge on any atom is 0.337 e. The number of carboxylic acids is 1. The highest BCUT2D eigenvalue weighted by atomic mass is 32.1. The molecule has 0 unspecified atom stereocenters. The average molecular weight is 262 g/mol. The summed E-state index contributed by atoms with van der Waals surface area (Å²) in [5.41, 5.74) is 1.40. The third-order valence-electron chi connectivity index (χ3n) is 2.51. The second-order valence-corrected chi connectivity index (χ2v) is 4.80. The van der Waals surface area contributed by atoms with Crippen molar-refractivity contribution in [1.29, 1.82) is 0 Å². The first-order chi connectivity index (χ1) is 8.58. The molecule has 0 fully saturated rings. The van der Waals surface area contributed by atoms with E-state index in [9.17, 15) is 14.3 Å². The SMILES string of the molecule is Cc1cc(C=C(C(=O)O)c2cccs2)ccc1F. The molecule has 0 aliphatic carbocycles. The van der Waals surface area contributed by atoms with Crippen LogP contribution in [0.1, 0.15) is 16.0 Å². The quantitative estimate of drug-likeness (QED) is 0.854. The van der Waals surface area contributed by atoms with Crippen molar-refractivity contribution in [2.24, 2.45) is 0 Å². The van der Waals surface area contributed by atoms with Crippen molar-refractivity contribution in [1.82, 2.24) is 0 Å². The number of thiophene rings is 1. The van der Waals surface area contributed by atoms with Crippen molar-refractivity contribution in [3.05, 3.63) is 57.5 Å². The van der Waals surface area contributed by atoms with Crippen LogP contribution in [-0.4, -0.2) is 11.1 Å². The number of halogens is 1. The third kappa shape index (κ3) is 2.65. The van der Waals surface area contributed by atoms with E-state index in [4.69, 9.17) is 0 Å². The molecule has 0 bridgehead atoms. The summed E-state index contributed by atoms with van der Waals surface area (Å²) >= 11 is 1.36. The molecular weight excluding hydrogens is 251 g/mol. The number of carbonyl (C=O) groups is 1. The molecule has 2 rings (SSSR count). The Hall–Kier alpha value is -1.94. The molecule has 1 heterocycles. The summed E-state index contributed by atoms with van der Waals surface area (Å²) in [4.78, 5) is 11.9. The molecule has 1 aromatic heterocycles. The van der Waals surface area contributed by atoms with E-state index in [0.717, 1.165) is 0 Å². The number of aryl methyl sites for hydroxylation is 1. The largest absolute Gasteiger partial charge is 0.478 e. The zero-order valence-corrected chi connectivity index (χ0v) is 10.5. The molecule has 0 spiro atoms. The molecule has 0 atom stereocenters. The van der Waals surface area contributed by atoms with Crippen LogP contribution in [0.5, 0.6) is 0 Å². The van der Waals surface area contributed by atoms with Crippen LogP contribution in [0.4, 0.5) is 4.39 Å². The molecule has 2 aromatic rings. The summed E-state index contributed by atoms with van der Waals surface area (Å²) in [7, 11) is 0. The lowest BCUT2D eigenvalue weighted by Gasteiger charge is -2.02. The van der Waals surface area contributed by atoms with Gasteiger partial charge in [-0.15, -0.1) is 11.3 Å². The first kappa shape index (κ1) is 12.5. The lowest BCUT2D eigenvalue weighted by Crippen LogP contribution is -1.97. The fourth-order valence-corrected chi connectivity index (χ4v) is 2.33. The molecule has 4 heteroatoms. The van der Waals surface area contributed by atoms with Crippen molar-refractivity contribution < 1.29 is 14.3 Å². The fourth-order valence-electron chi connectivity index (χ4n) is 1.59. The van der Waals surface area contributed by atoms with E-state index in [1.54, 1.807) is 37.3 Å². The van der Waals surface area contributed by atoms with Crippen molar-refractivity contribution >= 4 is 29.0 Å². The first-order valence-corrected chi connectivity index (χ1v) is 6.21. The van der Waals surface area contributed by atoms with Crippen molar-refractivity contribution in [3.63, 3.8) is 0 Å². The lowest BCUT2D eigenvalue weighted by atomic mass is 10.1. The highest BCUT2D eigenvalue weighted by molar-refractivity contribution is 7.11. The second-order valence-electron chi connectivity index (χ2n) is 3.85. The molecule has 0 saturated heterocycles. The van der Waals surface area contributed by atoms with Crippen LogP contribution >= 0.6 is 11.3 Å². The van der Waals surface area contributed by atoms with E-state index in [-0.39, 0.29) is 11.4 Å². The smallest absolute Gasteiger partial charge is 0.337 e. The topological polar surface area (TPSA) is 37.3 Å². The van der Waals surface area contributed by atoms with Gasteiger partial charge >= 0.3 is 5.97 Å². The minimum absolute atomic E-state index is 0.219. The lowest BCUT2D eigenvalue weighted by molar-refractivity contribution is -0.130. The second kappa shape index (κ2) is 5.14. The Labute approximate surface area is 108 Å².